The molecule has 0 atom stereocenters. The summed E-state index contributed by atoms with van der Waals surface area (Å²) in [5.74, 6) is 0.338. The lowest BCUT2D eigenvalue weighted by atomic mass is 10.1. The van der Waals surface area contributed by atoms with Gasteiger partial charge in [0.15, 0.2) is 0 Å². The summed E-state index contributed by atoms with van der Waals surface area (Å²) >= 11 is 0. The molecule has 1 N–H and O–H groups in total. The fraction of sp³-hybridized carbons (Fsp3) is 0.0417. The summed E-state index contributed by atoms with van der Waals surface area (Å²) in [6, 6.07) is 27.9. The minimum atomic E-state index is -0.428. The molecule has 0 aliphatic heterocycles. The molecule has 7 nitrogen and oxygen atoms in total. The Balaban J connectivity index is 1.70. The number of hydrogen-bond acceptors (Lipinski definition) is 6. The second-order valence-corrected chi connectivity index (χ2v) is 6.81. The summed E-state index contributed by atoms with van der Waals surface area (Å²) in [6.07, 6.45) is 0. The Morgan fingerprint density at radius 2 is 1.42 bits per heavy atom. The SMILES string of the molecule is C/C(=N\Nc1nc(-c2ccccc2)cc(-c2ccccc2)n1)c1cccc([N+](=O)[O-])c1. The standard InChI is InChI=1S/C24H19N5O2/c1-17(20-13-8-14-21(15-20)29(30)31)27-28-24-25-22(18-9-4-2-5-10-18)16-23(26-24)19-11-6-3-7-12-19/h2-16H,1H3,(H,25,26,28)/b27-17+. The molecule has 1 aromatic heterocycles. The number of rotatable bonds is 6. The van der Waals surface area contributed by atoms with Crippen molar-refractivity contribution in [2.24, 2.45) is 5.10 Å². The van der Waals surface area contributed by atoms with Gasteiger partial charge < -0.3 is 0 Å². The summed E-state index contributed by atoms with van der Waals surface area (Å²) in [6.45, 7) is 1.77. The molecule has 0 saturated heterocycles. The van der Waals surface area contributed by atoms with Gasteiger partial charge in [0, 0.05) is 28.8 Å². The monoisotopic (exact) mass is 409 g/mol. The molecule has 0 spiro atoms. The molecule has 3 aromatic carbocycles. The molecule has 0 radical (unpaired) electrons. The Hall–Kier alpha value is -4.39. The van der Waals surface area contributed by atoms with Crippen molar-refractivity contribution >= 4 is 17.3 Å². The van der Waals surface area contributed by atoms with Crippen LogP contribution in [-0.4, -0.2) is 20.6 Å². The quantitative estimate of drug-likeness (QED) is 0.256. The number of non-ortho nitro benzene ring substituents is 1. The summed E-state index contributed by atoms with van der Waals surface area (Å²) in [5, 5.41) is 15.4. The molecule has 0 saturated carbocycles. The Kier molecular flexibility index (Phi) is 5.75. The predicted molar refractivity (Wildman–Crippen MR) is 122 cm³/mol. The van der Waals surface area contributed by atoms with Crippen molar-refractivity contribution in [1.82, 2.24) is 9.97 Å². The van der Waals surface area contributed by atoms with Gasteiger partial charge in [-0.3, -0.25) is 10.1 Å². The van der Waals surface area contributed by atoms with Crippen LogP contribution in [0.3, 0.4) is 0 Å². The number of nitro benzene ring substituents is 1. The normalized spacial score (nSPS) is 11.2. The van der Waals surface area contributed by atoms with Gasteiger partial charge in [-0.1, -0.05) is 72.8 Å². The minimum Gasteiger partial charge on any atom is -0.258 e. The van der Waals surface area contributed by atoms with Crippen LogP contribution < -0.4 is 5.43 Å². The maximum atomic E-state index is 11.0. The van der Waals surface area contributed by atoms with Gasteiger partial charge in [0.1, 0.15) is 0 Å². The van der Waals surface area contributed by atoms with Crippen molar-refractivity contribution in [1.29, 1.82) is 0 Å². The second kappa shape index (κ2) is 8.96. The molecule has 0 unspecified atom stereocenters. The zero-order valence-electron chi connectivity index (χ0n) is 16.8. The Bertz CT molecular complexity index is 1180. The largest absolute Gasteiger partial charge is 0.270 e. The van der Waals surface area contributed by atoms with Crippen LogP contribution in [0, 0.1) is 10.1 Å². The zero-order valence-corrected chi connectivity index (χ0v) is 16.8. The van der Waals surface area contributed by atoms with E-state index in [1.165, 1.54) is 12.1 Å². The molecule has 0 aliphatic rings. The lowest BCUT2D eigenvalue weighted by Crippen LogP contribution is -2.04. The van der Waals surface area contributed by atoms with Gasteiger partial charge in [0.05, 0.1) is 22.0 Å². The fourth-order valence-electron chi connectivity index (χ4n) is 3.05. The average molecular weight is 409 g/mol. The van der Waals surface area contributed by atoms with Gasteiger partial charge in [0.2, 0.25) is 5.95 Å². The van der Waals surface area contributed by atoms with Crippen molar-refractivity contribution in [3.8, 4) is 22.5 Å². The number of hydrogen-bond donors (Lipinski definition) is 1. The molecule has 0 fully saturated rings. The van der Waals surface area contributed by atoms with Crippen LogP contribution in [0.25, 0.3) is 22.5 Å². The molecule has 0 bridgehead atoms. The van der Waals surface area contributed by atoms with Crippen molar-refractivity contribution in [3.63, 3.8) is 0 Å². The van der Waals surface area contributed by atoms with E-state index in [0.717, 1.165) is 22.5 Å². The highest BCUT2D eigenvalue weighted by Gasteiger charge is 2.10. The zero-order chi connectivity index (χ0) is 21.6. The Labute approximate surface area is 179 Å². The molecule has 0 amide bonds. The number of benzene rings is 3. The summed E-state index contributed by atoms with van der Waals surface area (Å²) in [4.78, 5) is 19.8. The highest BCUT2D eigenvalue weighted by Crippen LogP contribution is 2.25. The second-order valence-electron chi connectivity index (χ2n) is 6.81. The van der Waals surface area contributed by atoms with Gasteiger partial charge in [-0.05, 0) is 13.0 Å². The fourth-order valence-corrected chi connectivity index (χ4v) is 3.05. The predicted octanol–water partition coefficient (Wildman–Crippen LogP) is 5.55. The first-order valence-corrected chi connectivity index (χ1v) is 9.65. The van der Waals surface area contributed by atoms with E-state index in [1.807, 2.05) is 66.7 Å². The van der Waals surface area contributed by atoms with Gasteiger partial charge in [-0.15, -0.1) is 0 Å². The molecule has 4 rings (SSSR count). The molecule has 7 heteroatoms. The summed E-state index contributed by atoms with van der Waals surface area (Å²) in [5.41, 5.74) is 7.60. The third kappa shape index (κ3) is 4.79. The summed E-state index contributed by atoms with van der Waals surface area (Å²) in [7, 11) is 0. The number of nitrogens with zero attached hydrogens (tertiary/aromatic N) is 4. The van der Waals surface area contributed by atoms with E-state index in [1.54, 1.807) is 19.1 Å². The topological polar surface area (TPSA) is 93.3 Å². The first-order chi connectivity index (χ1) is 15.1. The van der Waals surface area contributed by atoms with E-state index < -0.39 is 4.92 Å². The number of aromatic nitrogens is 2. The van der Waals surface area contributed by atoms with E-state index in [9.17, 15) is 10.1 Å². The first kappa shape index (κ1) is 19.9. The molecule has 31 heavy (non-hydrogen) atoms. The molecule has 0 aliphatic carbocycles. The average Bonchev–Trinajstić information content (AvgIpc) is 2.83. The van der Waals surface area contributed by atoms with Crippen LogP contribution in [0.1, 0.15) is 12.5 Å². The molecular formula is C24H19N5O2. The third-order valence-electron chi connectivity index (χ3n) is 4.66. The van der Waals surface area contributed by atoms with Gasteiger partial charge in [-0.25, -0.2) is 15.4 Å². The molecule has 152 valence electrons. The number of nitrogens with one attached hydrogen (secondary N) is 1. The van der Waals surface area contributed by atoms with E-state index in [4.69, 9.17) is 0 Å². The van der Waals surface area contributed by atoms with Gasteiger partial charge in [0.25, 0.3) is 5.69 Å². The van der Waals surface area contributed by atoms with Crippen LogP contribution in [-0.2, 0) is 0 Å². The van der Waals surface area contributed by atoms with Crippen molar-refractivity contribution in [3.05, 3.63) is 107 Å². The first-order valence-electron chi connectivity index (χ1n) is 9.65. The Morgan fingerprint density at radius 3 is 1.97 bits per heavy atom. The van der Waals surface area contributed by atoms with Crippen molar-refractivity contribution in [2.45, 2.75) is 6.92 Å². The highest BCUT2D eigenvalue weighted by atomic mass is 16.6. The molecule has 1 heterocycles. The number of nitro groups is 1. The van der Waals surface area contributed by atoms with Gasteiger partial charge >= 0.3 is 0 Å². The summed E-state index contributed by atoms with van der Waals surface area (Å²) < 4.78 is 0. The van der Waals surface area contributed by atoms with E-state index in [-0.39, 0.29) is 5.69 Å². The van der Waals surface area contributed by atoms with Crippen molar-refractivity contribution < 1.29 is 4.92 Å². The van der Waals surface area contributed by atoms with Crippen LogP contribution in [0.15, 0.2) is 96.1 Å². The maximum Gasteiger partial charge on any atom is 0.270 e. The van der Waals surface area contributed by atoms with Crippen LogP contribution in [0.2, 0.25) is 0 Å². The highest BCUT2D eigenvalue weighted by molar-refractivity contribution is 5.99. The lowest BCUT2D eigenvalue weighted by molar-refractivity contribution is -0.384. The third-order valence-corrected chi connectivity index (χ3v) is 4.66. The van der Waals surface area contributed by atoms with E-state index >= 15 is 0 Å². The number of hydrazone groups is 1. The Morgan fingerprint density at radius 1 is 0.839 bits per heavy atom. The van der Waals surface area contributed by atoms with Gasteiger partial charge in [-0.2, -0.15) is 5.10 Å². The van der Waals surface area contributed by atoms with Crippen LogP contribution in [0.4, 0.5) is 11.6 Å². The van der Waals surface area contributed by atoms with Crippen LogP contribution >= 0.6 is 0 Å². The van der Waals surface area contributed by atoms with Crippen molar-refractivity contribution in [2.75, 3.05) is 5.43 Å². The van der Waals surface area contributed by atoms with Crippen LogP contribution in [0.5, 0.6) is 0 Å². The smallest absolute Gasteiger partial charge is 0.258 e. The van der Waals surface area contributed by atoms with E-state index in [0.29, 0.717) is 17.2 Å². The molecular weight excluding hydrogens is 390 g/mol. The molecule has 4 aromatic rings. The van der Waals surface area contributed by atoms with E-state index in [2.05, 4.69) is 20.5 Å². The lowest BCUT2D eigenvalue weighted by Gasteiger charge is -2.09. The minimum absolute atomic E-state index is 0.0146. The maximum absolute atomic E-state index is 11.0. The number of anilines is 1.